The summed E-state index contributed by atoms with van der Waals surface area (Å²) in [5.41, 5.74) is 1.69. The Kier molecular flexibility index (Phi) is 4.89. The van der Waals surface area contributed by atoms with Gasteiger partial charge in [-0.05, 0) is 36.4 Å². The molecule has 0 aliphatic heterocycles. The maximum atomic E-state index is 12.7. The van der Waals surface area contributed by atoms with Crippen molar-refractivity contribution in [1.29, 1.82) is 5.26 Å². The number of nitriles is 1. The van der Waals surface area contributed by atoms with E-state index in [-0.39, 0.29) is 18.1 Å². The van der Waals surface area contributed by atoms with E-state index in [1.54, 1.807) is 36.4 Å². The minimum atomic E-state index is -0.300. The van der Waals surface area contributed by atoms with E-state index in [0.717, 1.165) is 5.69 Å². The first-order valence-electron chi connectivity index (χ1n) is 6.47. The summed E-state index contributed by atoms with van der Waals surface area (Å²) < 4.78 is 12.7. The highest BCUT2D eigenvalue weighted by Gasteiger charge is 2.05. The molecule has 0 spiro atoms. The molecule has 0 unspecified atom stereocenters. The largest absolute Gasteiger partial charge is 0.385 e. The minimum Gasteiger partial charge on any atom is -0.385 e. The molecular formula is C16H14FN3O. The van der Waals surface area contributed by atoms with E-state index >= 15 is 0 Å². The molecule has 4 nitrogen and oxygen atoms in total. The van der Waals surface area contributed by atoms with Gasteiger partial charge < -0.3 is 10.6 Å². The molecule has 0 saturated heterocycles. The molecule has 1 amide bonds. The molecule has 0 radical (unpaired) electrons. The number of hydrogen-bond donors (Lipinski definition) is 2. The van der Waals surface area contributed by atoms with Crippen LogP contribution in [0.25, 0.3) is 0 Å². The number of nitrogens with zero attached hydrogens (tertiary/aromatic N) is 1. The molecule has 2 N–H and O–H groups in total. The molecular weight excluding hydrogens is 269 g/mol. The monoisotopic (exact) mass is 283 g/mol. The normalized spacial score (nSPS) is 9.71. The van der Waals surface area contributed by atoms with Gasteiger partial charge in [0.2, 0.25) is 5.91 Å². The maximum Gasteiger partial charge on any atom is 0.226 e. The minimum absolute atomic E-state index is 0.188. The second kappa shape index (κ2) is 7.06. The number of hydrogen-bond acceptors (Lipinski definition) is 3. The molecule has 0 aliphatic carbocycles. The van der Waals surface area contributed by atoms with Crippen LogP contribution in [0, 0.1) is 17.1 Å². The van der Waals surface area contributed by atoms with Crippen molar-refractivity contribution in [2.45, 2.75) is 6.42 Å². The van der Waals surface area contributed by atoms with Crippen molar-refractivity contribution in [3.05, 3.63) is 59.9 Å². The van der Waals surface area contributed by atoms with Crippen molar-refractivity contribution in [1.82, 2.24) is 0 Å². The first-order chi connectivity index (χ1) is 10.2. The summed E-state index contributed by atoms with van der Waals surface area (Å²) in [5.74, 6) is -0.487. The molecule has 2 aromatic carbocycles. The van der Waals surface area contributed by atoms with Crippen LogP contribution in [0.4, 0.5) is 15.8 Å². The molecule has 0 aromatic heterocycles. The predicted octanol–water partition coefficient (Wildman–Crippen LogP) is 3.14. The average Bonchev–Trinajstić information content (AvgIpc) is 2.50. The summed E-state index contributed by atoms with van der Waals surface area (Å²) >= 11 is 0. The lowest BCUT2D eigenvalue weighted by atomic mass is 10.2. The molecule has 106 valence electrons. The lowest BCUT2D eigenvalue weighted by Gasteiger charge is -2.08. The van der Waals surface area contributed by atoms with Crippen molar-refractivity contribution in [3.8, 4) is 6.07 Å². The summed E-state index contributed by atoms with van der Waals surface area (Å²) in [6, 6.07) is 14.8. The van der Waals surface area contributed by atoms with Gasteiger partial charge in [-0.15, -0.1) is 0 Å². The Balaban J connectivity index is 1.82. The van der Waals surface area contributed by atoms with Crippen LogP contribution in [0.1, 0.15) is 12.0 Å². The van der Waals surface area contributed by atoms with E-state index in [4.69, 9.17) is 5.26 Å². The smallest absolute Gasteiger partial charge is 0.226 e. The van der Waals surface area contributed by atoms with Crippen molar-refractivity contribution < 1.29 is 9.18 Å². The first kappa shape index (κ1) is 14.5. The quantitative estimate of drug-likeness (QED) is 0.886. The number of nitrogens with one attached hydrogen (secondary N) is 2. The molecule has 0 bridgehead atoms. The Hall–Kier alpha value is -2.87. The molecule has 5 heteroatoms. The molecule has 0 saturated carbocycles. The molecule has 2 rings (SSSR count). The summed E-state index contributed by atoms with van der Waals surface area (Å²) in [7, 11) is 0. The number of para-hydroxylation sites is 1. The second-order valence-corrected chi connectivity index (χ2v) is 4.39. The van der Waals surface area contributed by atoms with E-state index in [2.05, 4.69) is 10.6 Å². The van der Waals surface area contributed by atoms with Gasteiger partial charge in [-0.2, -0.15) is 5.26 Å². The number of anilines is 2. The molecule has 0 heterocycles. The Bertz CT molecular complexity index is 662. The summed E-state index contributed by atoms with van der Waals surface area (Å²) in [4.78, 5) is 11.8. The highest BCUT2D eigenvalue weighted by atomic mass is 19.1. The van der Waals surface area contributed by atoms with E-state index in [1.807, 2.05) is 6.07 Å². The third-order valence-electron chi connectivity index (χ3n) is 2.85. The van der Waals surface area contributed by atoms with Gasteiger partial charge in [0.25, 0.3) is 0 Å². The third kappa shape index (κ3) is 4.32. The number of rotatable bonds is 5. The maximum absolute atomic E-state index is 12.7. The molecule has 0 atom stereocenters. The predicted molar refractivity (Wildman–Crippen MR) is 79.3 cm³/mol. The van der Waals surface area contributed by atoms with E-state index in [0.29, 0.717) is 17.8 Å². The Morgan fingerprint density at radius 3 is 2.57 bits per heavy atom. The van der Waals surface area contributed by atoms with E-state index < -0.39 is 0 Å². The zero-order valence-electron chi connectivity index (χ0n) is 11.3. The van der Waals surface area contributed by atoms with Crippen LogP contribution in [0.5, 0.6) is 0 Å². The van der Waals surface area contributed by atoms with E-state index in [1.165, 1.54) is 12.1 Å². The van der Waals surface area contributed by atoms with Crippen molar-refractivity contribution in [2.75, 3.05) is 17.2 Å². The Morgan fingerprint density at radius 2 is 1.86 bits per heavy atom. The summed E-state index contributed by atoms with van der Waals surface area (Å²) in [6.07, 6.45) is 0.247. The van der Waals surface area contributed by atoms with Gasteiger partial charge in [-0.3, -0.25) is 4.79 Å². The Labute approximate surface area is 122 Å². The van der Waals surface area contributed by atoms with E-state index in [9.17, 15) is 9.18 Å². The van der Waals surface area contributed by atoms with Gasteiger partial charge in [0.1, 0.15) is 11.9 Å². The third-order valence-corrected chi connectivity index (χ3v) is 2.85. The van der Waals surface area contributed by atoms with Gasteiger partial charge in [0, 0.05) is 18.7 Å². The molecule has 2 aromatic rings. The fourth-order valence-electron chi connectivity index (χ4n) is 1.79. The standard InChI is InChI=1S/C16H14FN3O/c17-13-5-7-14(8-6-13)19-10-9-16(21)20-15-4-2-1-3-12(15)11-18/h1-8,19H,9-10H2,(H,20,21). The zero-order valence-corrected chi connectivity index (χ0v) is 11.3. The Morgan fingerprint density at radius 1 is 1.14 bits per heavy atom. The number of carbonyl (C=O) groups excluding carboxylic acids is 1. The van der Waals surface area contributed by atoms with Gasteiger partial charge in [0.05, 0.1) is 11.3 Å². The van der Waals surface area contributed by atoms with Crippen LogP contribution in [-0.2, 0) is 4.79 Å². The van der Waals surface area contributed by atoms with Crippen molar-refractivity contribution >= 4 is 17.3 Å². The summed E-state index contributed by atoms with van der Waals surface area (Å²) in [6.45, 7) is 0.423. The zero-order chi connectivity index (χ0) is 15.1. The fourth-order valence-corrected chi connectivity index (χ4v) is 1.79. The molecule has 0 aliphatic rings. The summed E-state index contributed by atoms with van der Waals surface area (Å²) in [5, 5.41) is 14.7. The van der Waals surface area contributed by atoms with Gasteiger partial charge in [-0.1, -0.05) is 12.1 Å². The first-order valence-corrected chi connectivity index (χ1v) is 6.47. The van der Waals surface area contributed by atoms with Crippen LogP contribution in [0.2, 0.25) is 0 Å². The van der Waals surface area contributed by atoms with Crippen LogP contribution < -0.4 is 10.6 Å². The fraction of sp³-hybridized carbons (Fsp3) is 0.125. The van der Waals surface area contributed by atoms with Crippen molar-refractivity contribution in [2.24, 2.45) is 0 Å². The topological polar surface area (TPSA) is 64.9 Å². The van der Waals surface area contributed by atoms with Crippen LogP contribution in [-0.4, -0.2) is 12.5 Å². The van der Waals surface area contributed by atoms with Crippen molar-refractivity contribution in [3.63, 3.8) is 0 Å². The SMILES string of the molecule is N#Cc1ccccc1NC(=O)CCNc1ccc(F)cc1. The van der Waals surface area contributed by atoms with Gasteiger partial charge in [0.15, 0.2) is 0 Å². The molecule has 0 fully saturated rings. The highest BCUT2D eigenvalue weighted by molar-refractivity contribution is 5.92. The number of carbonyl (C=O) groups is 1. The lowest BCUT2D eigenvalue weighted by molar-refractivity contribution is -0.115. The second-order valence-electron chi connectivity index (χ2n) is 4.39. The number of benzene rings is 2. The van der Waals surface area contributed by atoms with Gasteiger partial charge in [-0.25, -0.2) is 4.39 Å². The van der Waals surface area contributed by atoms with Crippen LogP contribution in [0.15, 0.2) is 48.5 Å². The average molecular weight is 283 g/mol. The highest BCUT2D eigenvalue weighted by Crippen LogP contribution is 2.14. The van der Waals surface area contributed by atoms with Gasteiger partial charge >= 0.3 is 0 Å². The number of amides is 1. The van der Waals surface area contributed by atoms with Crippen LogP contribution >= 0.6 is 0 Å². The number of halogens is 1. The molecule has 21 heavy (non-hydrogen) atoms. The van der Waals surface area contributed by atoms with Crippen LogP contribution in [0.3, 0.4) is 0 Å². The lowest BCUT2D eigenvalue weighted by Crippen LogP contribution is -2.16.